The third-order valence-electron chi connectivity index (χ3n) is 5.83. The van der Waals surface area contributed by atoms with Gasteiger partial charge in [-0.05, 0) is 94.8 Å². The maximum Gasteiger partial charge on any atom is 0.166 e. The molecule has 24 heavy (non-hydrogen) atoms. The Bertz CT molecular complexity index is 529. The Kier molecular flexibility index (Phi) is 6.01. The molecule has 1 aromatic carbocycles. The molecule has 0 aromatic heterocycles. The molecule has 1 heterocycles. The van der Waals surface area contributed by atoms with Gasteiger partial charge < -0.3 is 10.6 Å². The van der Waals surface area contributed by atoms with Crippen molar-refractivity contribution < 1.29 is 9.18 Å². The van der Waals surface area contributed by atoms with Crippen LogP contribution in [0.5, 0.6) is 0 Å². The molecule has 3 nitrogen and oxygen atoms in total. The van der Waals surface area contributed by atoms with Gasteiger partial charge in [-0.25, -0.2) is 4.39 Å². The number of nitrogens with zero attached hydrogens (tertiary/aromatic N) is 1. The Morgan fingerprint density at radius 1 is 1.04 bits per heavy atom. The van der Waals surface area contributed by atoms with Gasteiger partial charge in [0.1, 0.15) is 5.82 Å². The fourth-order valence-electron chi connectivity index (χ4n) is 4.11. The van der Waals surface area contributed by atoms with Crippen molar-refractivity contribution in [3.05, 3.63) is 35.6 Å². The van der Waals surface area contributed by atoms with E-state index < -0.39 is 0 Å². The number of hydrogen-bond acceptors (Lipinski definition) is 3. The first kappa shape index (κ1) is 17.6. The van der Waals surface area contributed by atoms with Crippen molar-refractivity contribution >= 4 is 5.78 Å². The Morgan fingerprint density at radius 2 is 1.67 bits per heavy atom. The van der Waals surface area contributed by atoms with Crippen LogP contribution in [-0.2, 0) is 0 Å². The van der Waals surface area contributed by atoms with Crippen molar-refractivity contribution in [1.29, 1.82) is 0 Å². The van der Waals surface area contributed by atoms with Crippen LogP contribution in [0.2, 0.25) is 0 Å². The summed E-state index contributed by atoms with van der Waals surface area (Å²) in [5, 5.41) is 0. The molecule has 0 atom stereocenters. The van der Waals surface area contributed by atoms with E-state index in [1.54, 1.807) is 12.1 Å². The summed E-state index contributed by atoms with van der Waals surface area (Å²) in [6.45, 7) is 3.16. The second-order valence-electron chi connectivity index (χ2n) is 7.56. The molecule has 4 heteroatoms. The Morgan fingerprint density at radius 3 is 2.29 bits per heavy atom. The van der Waals surface area contributed by atoms with Crippen LogP contribution in [0, 0.1) is 17.7 Å². The summed E-state index contributed by atoms with van der Waals surface area (Å²) in [6.07, 6.45) is 8.03. The van der Waals surface area contributed by atoms with Crippen LogP contribution in [0.25, 0.3) is 0 Å². The number of nitrogens with two attached hydrogens (primary N) is 1. The molecule has 3 rings (SSSR count). The van der Waals surface area contributed by atoms with Gasteiger partial charge in [-0.3, -0.25) is 4.79 Å². The number of likely N-dealkylation sites (tertiary alicyclic amines) is 1. The third kappa shape index (κ3) is 4.64. The standard InChI is InChI=1S/C20H29FN2O/c21-18-5-3-16(4-6-18)20(24)17-10-13-23(14-11-17)12-9-15-1-7-19(22)8-2-15/h3-6,15,17,19H,1-2,7-14,22H2. The fraction of sp³-hybridized carbons (Fsp3) is 0.650. The van der Waals surface area contributed by atoms with Crippen LogP contribution in [0.3, 0.4) is 0 Å². The summed E-state index contributed by atoms with van der Waals surface area (Å²) >= 11 is 0. The maximum absolute atomic E-state index is 13.0. The zero-order valence-electron chi connectivity index (χ0n) is 14.4. The first-order valence-electron chi connectivity index (χ1n) is 9.39. The average Bonchev–Trinajstić information content (AvgIpc) is 2.62. The summed E-state index contributed by atoms with van der Waals surface area (Å²) < 4.78 is 13.0. The monoisotopic (exact) mass is 332 g/mol. The highest BCUT2D eigenvalue weighted by Gasteiger charge is 2.26. The Labute approximate surface area is 144 Å². The Balaban J connectivity index is 1.40. The molecule has 2 N–H and O–H groups in total. The molecule has 132 valence electrons. The summed E-state index contributed by atoms with van der Waals surface area (Å²) in [7, 11) is 0. The quantitative estimate of drug-likeness (QED) is 0.838. The van der Waals surface area contributed by atoms with E-state index in [2.05, 4.69) is 4.90 Å². The van der Waals surface area contributed by atoms with E-state index in [1.165, 1.54) is 44.2 Å². The lowest BCUT2D eigenvalue weighted by Gasteiger charge is -2.33. The number of piperidine rings is 1. The van der Waals surface area contributed by atoms with Gasteiger partial charge in [0.05, 0.1) is 0 Å². The number of halogens is 1. The molecule has 0 amide bonds. The summed E-state index contributed by atoms with van der Waals surface area (Å²) in [4.78, 5) is 15.0. The van der Waals surface area contributed by atoms with Crippen LogP contribution in [0.15, 0.2) is 24.3 Å². The van der Waals surface area contributed by atoms with Crippen LogP contribution in [0.1, 0.15) is 55.3 Å². The number of hydrogen-bond donors (Lipinski definition) is 1. The zero-order valence-corrected chi connectivity index (χ0v) is 14.4. The molecule has 1 aromatic rings. The topological polar surface area (TPSA) is 46.3 Å². The van der Waals surface area contributed by atoms with E-state index in [1.807, 2.05) is 0 Å². The van der Waals surface area contributed by atoms with Crippen molar-refractivity contribution in [2.75, 3.05) is 19.6 Å². The predicted molar refractivity (Wildman–Crippen MR) is 94.4 cm³/mol. The van der Waals surface area contributed by atoms with E-state index in [0.717, 1.165) is 38.4 Å². The molecule has 1 saturated heterocycles. The molecule has 2 aliphatic rings. The number of ketones is 1. The van der Waals surface area contributed by atoms with Crippen LogP contribution in [-0.4, -0.2) is 36.4 Å². The van der Waals surface area contributed by atoms with Crippen molar-refractivity contribution in [1.82, 2.24) is 4.90 Å². The number of benzene rings is 1. The smallest absolute Gasteiger partial charge is 0.166 e. The minimum absolute atomic E-state index is 0.0967. The highest BCUT2D eigenvalue weighted by molar-refractivity contribution is 5.97. The average molecular weight is 332 g/mol. The van der Waals surface area contributed by atoms with Gasteiger partial charge in [-0.1, -0.05) is 0 Å². The highest BCUT2D eigenvalue weighted by Crippen LogP contribution is 2.27. The number of Topliss-reactive ketones (excluding diaryl/α,β-unsaturated/α-hetero) is 1. The summed E-state index contributed by atoms with van der Waals surface area (Å²) in [5.74, 6) is 0.823. The molecule has 2 fully saturated rings. The maximum atomic E-state index is 13.0. The van der Waals surface area contributed by atoms with Gasteiger partial charge in [-0.2, -0.15) is 0 Å². The van der Waals surface area contributed by atoms with Gasteiger partial charge in [-0.15, -0.1) is 0 Å². The van der Waals surface area contributed by atoms with Gasteiger partial charge in [0.2, 0.25) is 0 Å². The molecular formula is C20H29FN2O. The van der Waals surface area contributed by atoms with Crippen LogP contribution < -0.4 is 5.73 Å². The van der Waals surface area contributed by atoms with Gasteiger partial charge in [0, 0.05) is 17.5 Å². The SMILES string of the molecule is NC1CCC(CCN2CCC(C(=O)c3ccc(F)cc3)CC2)CC1. The first-order valence-corrected chi connectivity index (χ1v) is 9.39. The predicted octanol–water partition coefficient (Wildman–Crippen LogP) is 3.63. The molecule has 0 bridgehead atoms. The van der Waals surface area contributed by atoms with Crippen molar-refractivity contribution in [3.8, 4) is 0 Å². The second-order valence-corrected chi connectivity index (χ2v) is 7.56. The van der Waals surface area contributed by atoms with Gasteiger partial charge >= 0.3 is 0 Å². The van der Waals surface area contributed by atoms with Crippen molar-refractivity contribution in [2.45, 2.75) is 51.0 Å². The zero-order chi connectivity index (χ0) is 16.9. The number of rotatable bonds is 5. The van der Waals surface area contributed by atoms with Gasteiger partial charge in [0.15, 0.2) is 5.78 Å². The normalized spacial score (nSPS) is 26.4. The minimum Gasteiger partial charge on any atom is -0.328 e. The second kappa shape index (κ2) is 8.21. The van der Waals surface area contributed by atoms with E-state index in [-0.39, 0.29) is 17.5 Å². The molecule has 1 aliphatic carbocycles. The lowest BCUT2D eigenvalue weighted by atomic mass is 9.84. The lowest BCUT2D eigenvalue weighted by molar-refractivity contribution is 0.0833. The van der Waals surface area contributed by atoms with Crippen LogP contribution in [0.4, 0.5) is 4.39 Å². The summed E-state index contributed by atoms with van der Waals surface area (Å²) in [5.41, 5.74) is 6.62. The van der Waals surface area contributed by atoms with E-state index in [0.29, 0.717) is 11.6 Å². The first-order chi connectivity index (χ1) is 11.6. The molecule has 1 saturated carbocycles. The lowest BCUT2D eigenvalue weighted by Crippen LogP contribution is -2.38. The molecule has 0 spiro atoms. The van der Waals surface area contributed by atoms with Crippen LogP contribution >= 0.6 is 0 Å². The largest absolute Gasteiger partial charge is 0.328 e. The van der Waals surface area contributed by atoms with E-state index in [9.17, 15) is 9.18 Å². The number of carbonyl (C=O) groups excluding carboxylic acids is 1. The van der Waals surface area contributed by atoms with E-state index >= 15 is 0 Å². The fourth-order valence-corrected chi connectivity index (χ4v) is 4.11. The molecule has 0 radical (unpaired) electrons. The van der Waals surface area contributed by atoms with Gasteiger partial charge in [0.25, 0.3) is 0 Å². The van der Waals surface area contributed by atoms with Crippen molar-refractivity contribution in [3.63, 3.8) is 0 Å². The Hall–Kier alpha value is -1.26. The van der Waals surface area contributed by atoms with E-state index in [4.69, 9.17) is 5.73 Å². The third-order valence-corrected chi connectivity index (χ3v) is 5.83. The summed E-state index contributed by atoms with van der Waals surface area (Å²) in [6, 6.07) is 6.39. The molecule has 1 aliphatic heterocycles. The minimum atomic E-state index is -0.287. The highest BCUT2D eigenvalue weighted by atomic mass is 19.1. The molecular weight excluding hydrogens is 303 g/mol. The molecule has 0 unspecified atom stereocenters. The number of carbonyl (C=O) groups is 1. The van der Waals surface area contributed by atoms with Crippen molar-refractivity contribution in [2.24, 2.45) is 17.6 Å².